The van der Waals surface area contributed by atoms with Gasteiger partial charge in [-0.25, -0.2) is 4.79 Å². The van der Waals surface area contributed by atoms with Crippen LogP contribution < -0.4 is 0 Å². The number of aryl methyl sites for hydroxylation is 1. The number of carbonyl (C=O) groups is 1. The van der Waals surface area contributed by atoms with Crippen molar-refractivity contribution in [2.75, 3.05) is 0 Å². The van der Waals surface area contributed by atoms with Gasteiger partial charge in [0.05, 0.1) is 0 Å². The molecule has 0 saturated heterocycles. The van der Waals surface area contributed by atoms with Crippen LogP contribution in [0.1, 0.15) is 15.9 Å². The Balaban J connectivity index is 2.68. The Labute approximate surface area is 109 Å². The summed E-state index contributed by atoms with van der Waals surface area (Å²) in [7, 11) is 0. The first-order chi connectivity index (χ1) is 8.49. The lowest BCUT2D eigenvalue weighted by Gasteiger charge is -2.09. The van der Waals surface area contributed by atoms with Gasteiger partial charge in [-0.3, -0.25) is 0 Å². The molecule has 0 aliphatic heterocycles. The minimum atomic E-state index is -1.20. The average molecular weight is 263 g/mol. The zero-order chi connectivity index (χ0) is 13.3. The van der Waals surface area contributed by atoms with Crippen LogP contribution in [0.3, 0.4) is 0 Å². The van der Waals surface area contributed by atoms with Gasteiger partial charge in [0.1, 0.15) is 11.3 Å². The van der Waals surface area contributed by atoms with Crippen LogP contribution in [-0.4, -0.2) is 16.2 Å². The maximum atomic E-state index is 11.0. The van der Waals surface area contributed by atoms with Crippen molar-refractivity contribution < 1.29 is 15.0 Å². The van der Waals surface area contributed by atoms with Gasteiger partial charge in [-0.1, -0.05) is 41.4 Å². The van der Waals surface area contributed by atoms with Gasteiger partial charge in [0, 0.05) is 10.6 Å². The highest BCUT2D eigenvalue weighted by Crippen LogP contribution is 2.35. The lowest BCUT2D eigenvalue weighted by molar-refractivity contribution is 0.0694. The molecule has 92 valence electrons. The zero-order valence-corrected chi connectivity index (χ0v) is 10.4. The first kappa shape index (κ1) is 12.5. The molecule has 4 heteroatoms. The third-order valence-electron chi connectivity index (χ3n) is 2.63. The smallest absolute Gasteiger partial charge is 0.339 e. The second-order valence-corrected chi connectivity index (χ2v) is 4.46. The Morgan fingerprint density at radius 2 is 1.94 bits per heavy atom. The van der Waals surface area contributed by atoms with Crippen molar-refractivity contribution in [2.45, 2.75) is 6.92 Å². The van der Waals surface area contributed by atoms with Crippen molar-refractivity contribution in [1.29, 1.82) is 0 Å². The summed E-state index contributed by atoms with van der Waals surface area (Å²) in [4.78, 5) is 11.0. The summed E-state index contributed by atoms with van der Waals surface area (Å²) >= 11 is 5.88. The van der Waals surface area contributed by atoms with Crippen molar-refractivity contribution in [1.82, 2.24) is 0 Å². The molecule has 0 aromatic heterocycles. The van der Waals surface area contributed by atoms with Gasteiger partial charge >= 0.3 is 5.97 Å². The molecule has 0 unspecified atom stereocenters. The molecule has 0 fully saturated rings. The SMILES string of the molecule is Cc1cccc(-c2cc(Cl)cc(C(=O)O)c2O)c1. The molecular weight excluding hydrogens is 252 g/mol. The molecule has 2 aromatic rings. The molecule has 3 nitrogen and oxygen atoms in total. The number of carboxylic acid groups (broad SMARTS) is 1. The van der Waals surface area contributed by atoms with Crippen LogP contribution in [0.4, 0.5) is 0 Å². The highest BCUT2D eigenvalue weighted by Gasteiger charge is 2.16. The van der Waals surface area contributed by atoms with E-state index < -0.39 is 5.97 Å². The topological polar surface area (TPSA) is 57.5 Å². The molecular formula is C14H11ClO3. The Bertz CT molecular complexity index is 620. The van der Waals surface area contributed by atoms with E-state index >= 15 is 0 Å². The van der Waals surface area contributed by atoms with Crippen LogP contribution in [0.25, 0.3) is 11.1 Å². The molecule has 0 atom stereocenters. The second kappa shape index (κ2) is 4.70. The largest absolute Gasteiger partial charge is 0.506 e. The van der Waals surface area contributed by atoms with E-state index in [-0.39, 0.29) is 16.3 Å². The normalized spacial score (nSPS) is 10.3. The van der Waals surface area contributed by atoms with Gasteiger partial charge < -0.3 is 10.2 Å². The molecule has 18 heavy (non-hydrogen) atoms. The first-order valence-electron chi connectivity index (χ1n) is 5.32. The highest BCUT2D eigenvalue weighted by atomic mass is 35.5. The minimum absolute atomic E-state index is 0.195. The zero-order valence-electron chi connectivity index (χ0n) is 9.64. The van der Waals surface area contributed by atoms with Gasteiger partial charge in [0.25, 0.3) is 0 Å². The van der Waals surface area contributed by atoms with E-state index in [1.165, 1.54) is 6.07 Å². The predicted molar refractivity (Wildman–Crippen MR) is 70.2 cm³/mol. The molecule has 0 aliphatic rings. The molecule has 0 amide bonds. The third kappa shape index (κ3) is 2.31. The second-order valence-electron chi connectivity index (χ2n) is 4.02. The van der Waals surface area contributed by atoms with Crippen molar-refractivity contribution in [2.24, 2.45) is 0 Å². The molecule has 2 rings (SSSR count). The Hall–Kier alpha value is -2.00. The maximum absolute atomic E-state index is 11.0. The number of aromatic hydroxyl groups is 1. The summed E-state index contributed by atoms with van der Waals surface area (Å²) in [6.07, 6.45) is 0. The molecule has 0 radical (unpaired) electrons. The Morgan fingerprint density at radius 1 is 1.22 bits per heavy atom. The summed E-state index contributed by atoms with van der Waals surface area (Å²) < 4.78 is 0. The van der Waals surface area contributed by atoms with Crippen molar-refractivity contribution in [3.8, 4) is 16.9 Å². The lowest BCUT2D eigenvalue weighted by atomic mass is 10.00. The monoisotopic (exact) mass is 262 g/mol. The standard InChI is InChI=1S/C14H11ClO3/c1-8-3-2-4-9(5-8)11-6-10(15)7-12(13(11)16)14(17)18/h2-7,16H,1H3,(H,17,18). The van der Waals surface area contributed by atoms with Crippen LogP contribution in [0, 0.1) is 6.92 Å². The van der Waals surface area contributed by atoms with Gasteiger partial charge in [0.2, 0.25) is 0 Å². The van der Waals surface area contributed by atoms with E-state index in [9.17, 15) is 9.90 Å². The number of hydrogen-bond donors (Lipinski definition) is 2. The van der Waals surface area contributed by atoms with Crippen molar-refractivity contribution >= 4 is 17.6 Å². The number of phenols is 1. The molecule has 2 N–H and O–H groups in total. The fourth-order valence-corrected chi connectivity index (χ4v) is 2.01. The summed E-state index contributed by atoms with van der Waals surface area (Å²) in [6.45, 7) is 1.92. The van der Waals surface area contributed by atoms with E-state index in [0.717, 1.165) is 11.1 Å². The maximum Gasteiger partial charge on any atom is 0.339 e. The molecule has 0 saturated carbocycles. The van der Waals surface area contributed by atoms with E-state index in [1.54, 1.807) is 12.1 Å². The number of aromatic carboxylic acids is 1. The molecule has 0 heterocycles. The fourth-order valence-electron chi connectivity index (χ4n) is 1.79. The lowest BCUT2D eigenvalue weighted by Crippen LogP contribution is -1.98. The fraction of sp³-hybridized carbons (Fsp3) is 0.0714. The minimum Gasteiger partial charge on any atom is -0.506 e. The number of rotatable bonds is 2. The van der Waals surface area contributed by atoms with Gasteiger partial charge in [0.15, 0.2) is 0 Å². The Morgan fingerprint density at radius 3 is 2.56 bits per heavy atom. The van der Waals surface area contributed by atoms with E-state index in [0.29, 0.717) is 5.56 Å². The molecule has 0 bridgehead atoms. The first-order valence-corrected chi connectivity index (χ1v) is 5.69. The van der Waals surface area contributed by atoms with Crippen molar-refractivity contribution in [3.63, 3.8) is 0 Å². The van der Waals surface area contributed by atoms with Crippen LogP contribution in [-0.2, 0) is 0 Å². The van der Waals surface area contributed by atoms with Gasteiger partial charge in [-0.15, -0.1) is 0 Å². The quantitative estimate of drug-likeness (QED) is 0.867. The van der Waals surface area contributed by atoms with E-state index in [2.05, 4.69) is 0 Å². The summed E-state index contributed by atoms with van der Waals surface area (Å²) in [5.41, 5.74) is 1.98. The van der Waals surface area contributed by atoms with Gasteiger partial charge in [-0.2, -0.15) is 0 Å². The third-order valence-corrected chi connectivity index (χ3v) is 2.85. The molecule has 0 spiro atoms. The average Bonchev–Trinajstić information content (AvgIpc) is 2.31. The summed E-state index contributed by atoms with van der Waals surface area (Å²) in [5, 5.41) is 19.3. The highest BCUT2D eigenvalue weighted by molar-refractivity contribution is 6.31. The van der Waals surface area contributed by atoms with E-state index in [4.69, 9.17) is 16.7 Å². The molecule has 2 aromatic carbocycles. The Kier molecular flexibility index (Phi) is 3.26. The number of halogens is 1. The predicted octanol–water partition coefficient (Wildman–Crippen LogP) is 3.72. The van der Waals surface area contributed by atoms with Gasteiger partial charge in [-0.05, 0) is 24.6 Å². The number of hydrogen-bond acceptors (Lipinski definition) is 2. The molecule has 0 aliphatic carbocycles. The van der Waals surface area contributed by atoms with Crippen LogP contribution in [0.2, 0.25) is 5.02 Å². The van der Waals surface area contributed by atoms with Crippen LogP contribution in [0.15, 0.2) is 36.4 Å². The van der Waals surface area contributed by atoms with Crippen LogP contribution in [0.5, 0.6) is 5.75 Å². The van der Waals surface area contributed by atoms with Crippen LogP contribution >= 0.6 is 11.6 Å². The summed E-state index contributed by atoms with van der Waals surface area (Å²) in [5.74, 6) is -1.47. The summed E-state index contributed by atoms with van der Waals surface area (Å²) in [6, 6.07) is 10.2. The van der Waals surface area contributed by atoms with Crippen molar-refractivity contribution in [3.05, 3.63) is 52.5 Å². The number of carboxylic acids is 1. The van der Waals surface area contributed by atoms with E-state index in [1.807, 2.05) is 25.1 Å². The number of benzene rings is 2.